The van der Waals surface area contributed by atoms with Crippen LogP contribution in [0.15, 0.2) is 48.5 Å². The van der Waals surface area contributed by atoms with E-state index in [1.807, 2.05) is 6.07 Å². The summed E-state index contributed by atoms with van der Waals surface area (Å²) < 4.78 is 0. The van der Waals surface area contributed by atoms with Crippen LogP contribution in [-0.2, 0) is 0 Å². The number of H-pyrrole nitrogens is 1. The van der Waals surface area contributed by atoms with Gasteiger partial charge in [-0.05, 0) is 62.6 Å². The lowest BCUT2D eigenvalue weighted by Gasteiger charge is -2.11. The molecule has 0 aliphatic carbocycles. The van der Waals surface area contributed by atoms with Gasteiger partial charge in [0.15, 0.2) is 5.82 Å². The zero-order valence-corrected chi connectivity index (χ0v) is 23.2. The Morgan fingerprint density at radius 1 is 0.868 bits per heavy atom. The summed E-state index contributed by atoms with van der Waals surface area (Å²) in [6.45, 7) is 5.30. The third kappa shape index (κ3) is 7.36. The van der Waals surface area contributed by atoms with Crippen molar-refractivity contribution in [1.29, 1.82) is 0 Å². The summed E-state index contributed by atoms with van der Waals surface area (Å²) >= 11 is 0. The molecule has 0 radical (unpaired) electrons. The van der Waals surface area contributed by atoms with E-state index in [4.69, 9.17) is 15.7 Å². The summed E-state index contributed by atoms with van der Waals surface area (Å²) in [4.78, 5) is 13.7. The number of rotatable bonds is 14. The number of anilines is 2. The number of pyridine rings is 1. The highest BCUT2D eigenvalue weighted by molar-refractivity contribution is 6.07. The van der Waals surface area contributed by atoms with E-state index in [0.717, 1.165) is 89.9 Å². The maximum Gasteiger partial charge on any atom is 0.157 e. The lowest BCUT2D eigenvalue weighted by atomic mass is 9.98. The number of nitrogens with two attached hydrogens (primary N) is 1. The summed E-state index contributed by atoms with van der Waals surface area (Å²) in [6.07, 6.45) is 12.9. The molecule has 2 heterocycles. The van der Waals surface area contributed by atoms with Crippen molar-refractivity contribution in [1.82, 2.24) is 15.0 Å². The number of hydrogen-bond donors (Lipinski definition) is 3. The van der Waals surface area contributed by atoms with Crippen molar-refractivity contribution in [2.24, 2.45) is 5.73 Å². The van der Waals surface area contributed by atoms with Crippen LogP contribution in [0.25, 0.3) is 21.9 Å². The smallest absolute Gasteiger partial charge is 0.157 e. The fourth-order valence-electron chi connectivity index (χ4n) is 5.11. The van der Waals surface area contributed by atoms with Gasteiger partial charge in [0.05, 0.1) is 5.52 Å². The van der Waals surface area contributed by atoms with Gasteiger partial charge < -0.3 is 16.0 Å². The molecule has 4 aromatic rings. The van der Waals surface area contributed by atoms with Gasteiger partial charge in [0.1, 0.15) is 16.9 Å². The van der Waals surface area contributed by atoms with Gasteiger partial charge >= 0.3 is 0 Å². The second-order valence-corrected chi connectivity index (χ2v) is 10.3. The van der Waals surface area contributed by atoms with Crippen molar-refractivity contribution in [2.45, 2.75) is 90.4 Å². The van der Waals surface area contributed by atoms with Crippen molar-refractivity contribution in [3.63, 3.8) is 0 Å². The van der Waals surface area contributed by atoms with E-state index in [2.05, 4.69) is 78.5 Å². The van der Waals surface area contributed by atoms with Crippen molar-refractivity contribution < 1.29 is 0 Å². The van der Waals surface area contributed by atoms with Gasteiger partial charge in [0.2, 0.25) is 0 Å². The van der Waals surface area contributed by atoms with Gasteiger partial charge in [-0.25, -0.2) is 9.97 Å². The molecule has 4 N–H and O–H groups in total. The number of nitrogens with one attached hydrogen (secondary N) is 2. The molecule has 5 nitrogen and oxygen atoms in total. The second-order valence-electron chi connectivity index (χ2n) is 10.3. The van der Waals surface area contributed by atoms with Crippen LogP contribution in [-0.4, -0.2) is 21.5 Å². The molecule has 0 amide bonds. The Hall–Kier alpha value is -3.36. The van der Waals surface area contributed by atoms with Crippen molar-refractivity contribution in [3.05, 3.63) is 59.9 Å². The third-order valence-corrected chi connectivity index (χ3v) is 7.15. The van der Waals surface area contributed by atoms with E-state index in [-0.39, 0.29) is 0 Å². The number of nitrogens with zero attached hydrogens (tertiary/aromatic N) is 2. The predicted octanol–water partition coefficient (Wildman–Crippen LogP) is 8.58. The maximum absolute atomic E-state index is 5.55. The van der Waals surface area contributed by atoms with E-state index >= 15 is 0 Å². The van der Waals surface area contributed by atoms with Crippen molar-refractivity contribution >= 4 is 33.4 Å². The lowest BCUT2D eigenvalue weighted by molar-refractivity contribution is 0.539. The molecular formula is C33H43N5. The molecule has 4 rings (SSSR count). The van der Waals surface area contributed by atoms with Crippen LogP contribution in [0.1, 0.15) is 102 Å². The van der Waals surface area contributed by atoms with E-state index in [9.17, 15) is 0 Å². The summed E-state index contributed by atoms with van der Waals surface area (Å²) in [5, 5.41) is 4.64. The lowest BCUT2D eigenvalue weighted by Crippen LogP contribution is -2.00. The molecule has 0 aliphatic rings. The molecule has 200 valence electrons. The number of benzene rings is 2. The van der Waals surface area contributed by atoms with Crippen LogP contribution in [0.2, 0.25) is 0 Å². The number of fused-ring (bicyclic) bond motifs is 3. The Balaban J connectivity index is 1.47. The fourth-order valence-corrected chi connectivity index (χ4v) is 5.11. The first kappa shape index (κ1) is 27.7. The molecular weight excluding hydrogens is 466 g/mol. The van der Waals surface area contributed by atoms with Crippen LogP contribution in [0, 0.1) is 11.8 Å². The van der Waals surface area contributed by atoms with Gasteiger partial charge in [-0.15, -0.1) is 0 Å². The highest BCUT2D eigenvalue weighted by Gasteiger charge is 2.18. The van der Waals surface area contributed by atoms with Gasteiger partial charge in [0, 0.05) is 29.0 Å². The zero-order chi connectivity index (χ0) is 26.6. The first-order chi connectivity index (χ1) is 18.7. The zero-order valence-electron chi connectivity index (χ0n) is 23.2. The summed E-state index contributed by atoms with van der Waals surface area (Å²) in [6, 6.07) is 16.6. The predicted molar refractivity (Wildman–Crippen MR) is 162 cm³/mol. The number of hydrogen-bond acceptors (Lipinski definition) is 4. The summed E-state index contributed by atoms with van der Waals surface area (Å²) in [5.74, 6) is 8.98. The highest BCUT2D eigenvalue weighted by atomic mass is 15.0. The Kier molecular flexibility index (Phi) is 10.6. The number of aromatic nitrogens is 3. The SMILES string of the molecule is CCCC(CCC)c1nc2c([nH]1)c(Nc1ccc(C#CCCCCCCCCN)cc1)nc1ccccc12. The van der Waals surface area contributed by atoms with Gasteiger partial charge in [-0.3, -0.25) is 0 Å². The molecule has 2 aromatic carbocycles. The topological polar surface area (TPSA) is 79.6 Å². The molecule has 38 heavy (non-hydrogen) atoms. The minimum Gasteiger partial charge on any atom is -0.339 e. The second kappa shape index (κ2) is 14.5. The molecule has 0 aliphatic heterocycles. The monoisotopic (exact) mass is 509 g/mol. The Bertz CT molecular complexity index is 1340. The molecule has 0 fully saturated rings. The van der Waals surface area contributed by atoms with Crippen LogP contribution < -0.4 is 11.1 Å². The number of para-hydroxylation sites is 1. The van der Waals surface area contributed by atoms with E-state index in [0.29, 0.717) is 5.92 Å². The number of imidazole rings is 1. The molecule has 5 heteroatoms. The Morgan fingerprint density at radius 2 is 1.58 bits per heavy atom. The Morgan fingerprint density at radius 3 is 2.32 bits per heavy atom. The molecule has 2 aromatic heterocycles. The van der Waals surface area contributed by atoms with Crippen molar-refractivity contribution in [2.75, 3.05) is 11.9 Å². The summed E-state index contributed by atoms with van der Waals surface area (Å²) in [5.41, 5.74) is 10.5. The maximum atomic E-state index is 5.55. The van der Waals surface area contributed by atoms with Crippen LogP contribution >= 0.6 is 0 Å². The molecule has 0 atom stereocenters. The van der Waals surface area contributed by atoms with Gasteiger partial charge in [0.25, 0.3) is 0 Å². The number of aromatic amines is 1. The first-order valence-corrected chi connectivity index (χ1v) is 14.6. The number of unbranched alkanes of at least 4 members (excludes halogenated alkanes) is 6. The molecule has 0 unspecified atom stereocenters. The molecule has 0 spiro atoms. The average Bonchev–Trinajstić information content (AvgIpc) is 3.39. The quantitative estimate of drug-likeness (QED) is 0.117. The highest BCUT2D eigenvalue weighted by Crippen LogP contribution is 2.33. The molecule has 0 saturated heterocycles. The van der Waals surface area contributed by atoms with E-state index < -0.39 is 0 Å². The van der Waals surface area contributed by atoms with E-state index in [1.54, 1.807) is 0 Å². The van der Waals surface area contributed by atoms with Gasteiger partial charge in [-0.1, -0.05) is 82.4 Å². The summed E-state index contributed by atoms with van der Waals surface area (Å²) in [7, 11) is 0. The van der Waals surface area contributed by atoms with Gasteiger partial charge in [-0.2, -0.15) is 0 Å². The largest absolute Gasteiger partial charge is 0.339 e. The fraction of sp³-hybridized carbons (Fsp3) is 0.455. The molecule has 0 saturated carbocycles. The average molecular weight is 510 g/mol. The first-order valence-electron chi connectivity index (χ1n) is 14.6. The Labute approximate surface area is 228 Å². The normalized spacial score (nSPS) is 11.3. The molecule has 0 bridgehead atoms. The standard InChI is InChI=1S/C33H43N5/c1-3-15-26(16-4-2)32-37-30-28-18-12-13-19-29(28)36-33(31(30)38-32)35-27-22-20-25(21-23-27)17-11-9-7-5-6-8-10-14-24-34/h12-13,18-23,26H,3-10,14-16,24,34H2,1-2H3,(H,35,36)(H,37,38). The minimum absolute atomic E-state index is 0.443. The van der Waals surface area contributed by atoms with Crippen LogP contribution in [0.4, 0.5) is 11.5 Å². The van der Waals surface area contributed by atoms with E-state index in [1.165, 1.54) is 32.1 Å². The minimum atomic E-state index is 0.443. The van der Waals surface area contributed by atoms with Crippen LogP contribution in [0.3, 0.4) is 0 Å². The van der Waals surface area contributed by atoms with Crippen LogP contribution in [0.5, 0.6) is 0 Å². The van der Waals surface area contributed by atoms with Crippen molar-refractivity contribution in [3.8, 4) is 11.8 Å². The third-order valence-electron chi connectivity index (χ3n) is 7.15.